The topological polar surface area (TPSA) is 58.6 Å². The second-order valence-electron chi connectivity index (χ2n) is 4.90. The van der Waals surface area contributed by atoms with Gasteiger partial charge in [0.25, 0.3) is 0 Å². The van der Waals surface area contributed by atoms with Crippen LogP contribution in [0.5, 0.6) is 5.75 Å². The largest absolute Gasteiger partial charge is 0.497 e. The molecule has 1 fully saturated rings. The average Bonchev–Trinajstić information content (AvgIpc) is 2.48. The van der Waals surface area contributed by atoms with Gasteiger partial charge in [-0.25, -0.2) is 0 Å². The number of hydrogen-bond acceptors (Lipinski definition) is 3. The second-order valence-corrected chi connectivity index (χ2v) is 4.90. The number of piperidine rings is 1. The van der Waals surface area contributed by atoms with Gasteiger partial charge in [0.05, 0.1) is 7.11 Å². The summed E-state index contributed by atoms with van der Waals surface area (Å²) in [6, 6.07) is 7.09. The normalized spacial score (nSPS) is 14.8. The number of ether oxygens (including phenoxy) is 1. The third kappa shape index (κ3) is 3.98. The molecule has 1 aromatic rings. The maximum Gasteiger partial charge on any atom is 0.233 e. The van der Waals surface area contributed by atoms with Crippen LogP contribution in [0.2, 0.25) is 0 Å². The Morgan fingerprint density at radius 1 is 1.25 bits per heavy atom. The molecule has 0 atom stereocenters. The van der Waals surface area contributed by atoms with Crippen LogP contribution >= 0.6 is 0 Å². The molecular formula is C15H20N2O3. The molecule has 1 saturated heterocycles. The van der Waals surface area contributed by atoms with Gasteiger partial charge < -0.3 is 15.0 Å². The second kappa shape index (κ2) is 6.93. The lowest BCUT2D eigenvalue weighted by atomic mass is 10.1. The van der Waals surface area contributed by atoms with Crippen molar-refractivity contribution in [1.82, 2.24) is 4.90 Å². The molecule has 0 spiro atoms. The van der Waals surface area contributed by atoms with Crippen LogP contribution in [0, 0.1) is 0 Å². The van der Waals surface area contributed by atoms with Crippen LogP contribution < -0.4 is 10.1 Å². The van der Waals surface area contributed by atoms with E-state index < -0.39 is 0 Å². The van der Waals surface area contributed by atoms with Crippen LogP contribution in [0.3, 0.4) is 0 Å². The van der Waals surface area contributed by atoms with Crippen molar-refractivity contribution in [2.24, 2.45) is 0 Å². The summed E-state index contributed by atoms with van der Waals surface area (Å²) in [5, 5.41) is 2.72. The summed E-state index contributed by atoms with van der Waals surface area (Å²) in [5.41, 5.74) is 0.640. The van der Waals surface area contributed by atoms with E-state index >= 15 is 0 Å². The first-order valence-electron chi connectivity index (χ1n) is 6.91. The number of benzene rings is 1. The van der Waals surface area contributed by atoms with E-state index in [0.717, 1.165) is 25.9 Å². The highest BCUT2D eigenvalue weighted by molar-refractivity contribution is 6.03. The van der Waals surface area contributed by atoms with Crippen molar-refractivity contribution in [3.63, 3.8) is 0 Å². The van der Waals surface area contributed by atoms with Gasteiger partial charge in [0.1, 0.15) is 12.2 Å². The summed E-state index contributed by atoms with van der Waals surface area (Å²) >= 11 is 0. The Kier molecular flexibility index (Phi) is 4.98. The van der Waals surface area contributed by atoms with Gasteiger partial charge >= 0.3 is 0 Å². The summed E-state index contributed by atoms with van der Waals surface area (Å²) in [7, 11) is 1.57. The minimum Gasteiger partial charge on any atom is -0.497 e. The van der Waals surface area contributed by atoms with E-state index in [9.17, 15) is 9.59 Å². The molecule has 2 rings (SSSR count). The van der Waals surface area contributed by atoms with Crippen molar-refractivity contribution >= 4 is 17.5 Å². The average molecular weight is 276 g/mol. The molecule has 1 aromatic carbocycles. The van der Waals surface area contributed by atoms with Gasteiger partial charge in [-0.15, -0.1) is 0 Å². The Bertz CT molecular complexity index is 482. The van der Waals surface area contributed by atoms with Gasteiger partial charge in [-0.2, -0.15) is 0 Å². The quantitative estimate of drug-likeness (QED) is 0.856. The number of rotatable bonds is 4. The zero-order chi connectivity index (χ0) is 14.4. The van der Waals surface area contributed by atoms with Crippen LogP contribution in [0.15, 0.2) is 24.3 Å². The predicted octanol–water partition coefficient (Wildman–Crippen LogP) is 2.04. The molecular weight excluding hydrogens is 256 g/mol. The van der Waals surface area contributed by atoms with Crippen LogP contribution in [0.25, 0.3) is 0 Å². The number of methoxy groups -OCH3 is 1. The zero-order valence-corrected chi connectivity index (χ0v) is 11.7. The van der Waals surface area contributed by atoms with Gasteiger partial charge in [-0.1, -0.05) is 6.07 Å². The standard InChI is InChI=1S/C15H20N2O3/c1-20-13-7-5-6-12(10-13)16-14(18)11-15(19)17-8-3-2-4-9-17/h5-7,10H,2-4,8-9,11H2,1H3,(H,16,18). The smallest absolute Gasteiger partial charge is 0.233 e. The van der Waals surface area contributed by atoms with Crippen molar-refractivity contribution in [3.05, 3.63) is 24.3 Å². The predicted molar refractivity (Wildman–Crippen MR) is 76.7 cm³/mol. The van der Waals surface area contributed by atoms with E-state index in [1.165, 1.54) is 6.42 Å². The molecule has 1 N–H and O–H groups in total. The lowest BCUT2D eigenvalue weighted by molar-refractivity contribution is -0.135. The monoisotopic (exact) mass is 276 g/mol. The highest BCUT2D eigenvalue weighted by Gasteiger charge is 2.19. The number of anilines is 1. The molecule has 20 heavy (non-hydrogen) atoms. The number of nitrogens with zero attached hydrogens (tertiary/aromatic N) is 1. The van der Waals surface area contributed by atoms with E-state index in [1.807, 2.05) is 0 Å². The van der Waals surface area contributed by atoms with Crippen molar-refractivity contribution < 1.29 is 14.3 Å². The summed E-state index contributed by atoms with van der Waals surface area (Å²) in [6.45, 7) is 1.54. The first-order chi connectivity index (χ1) is 9.69. The van der Waals surface area contributed by atoms with Gasteiger partial charge in [0, 0.05) is 24.8 Å². The summed E-state index contributed by atoms with van der Waals surface area (Å²) in [4.78, 5) is 25.6. The van der Waals surface area contributed by atoms with Crippen LogP contribution in [-0.4, -0.2) is 36.9 Å². The fourth-order valence-corrected chi connectivity index (χ4v) is 2.30. The Hall–Kier alpha value is -2.04. The van der Waals surface area contributed by atoms with Crippen molar-refractivity contribution in [1.29, 1.82) is 0 Å². The van der Waals surface area contributed by atoms with E-state index in [2.05, 4.69) is 5.32 Å². The number of nitrogens with one attached hydrogen (secondary N) is 1. The van der Waals surface area contributed by atoms with Gasteiger partial charge in [-0.3, -0.25) is 9.59 Å². The molecule has 0 radical (unpaired) electrons. The first kappa shape index (κ1) is 14.4. The lowest BCUT2D eigenvalue weighted by Gasteiger charge is -2.26. The van der Waals surface area contributed by atoms with Gasteiger partial charge in [0.2, 0.25) is 11.8 Å². The maximum atomic E-state index is 12.0. The van der Waals surface area contributed by atoms with Crippen molar-refractivity contribution in [3.8, 4) is 5.75 Å². The van der Waals surface area contributed by atoms with Crippen LogP contribution in [0.1, 0.15) is 25.7 Å². The summed E-state index contributed by atoms with van der Waals surface area (Å²) in [6.07, 6.45) is 3.13. The Morgan fingerprint density at radius 2 is 2.00 bits per heavy atom. The minimum atomic E-state index is -0.283. The van der Waals surface area contributed by atoms with E-state index in [4.69, 9.17) is 4.74 Å². The number of likely N-dealkylation sites (tertiary alicyclic amines) is 1. The molecule has 0 bridgehead atoms. The lowest BCUT2D eigenvalue weighted by Crippen LogP contribution is -2.37. The minimum absolute atomic E-state index is 0.0925. The molecule has 1 aliphatic heterocycles. The Morgan fingerprint density at radius 3 is 2.70 bits per heavy atom. The molecule has 0 unspecified atom stereocenters. The van der Waals surface area contributed by atoms with E-state index in [0.29, 0.717) is 11.4 Å². The van der Waals surface area contributed by atoms with E-state index in [1.54, 1.807) is 36.3 Å². The van der Waals surface area contributed by atoms with Crippen LogP contribution in [-0.2, 0) is 9.59 Å². The SMILES string of the molecule is COc1cccc(NC(=O)CC(=O)N2CCCCC2)c1. The summed E-state index contributed by atoms with van der Waals surface area (Å²) in [5.74, 6) is 0.295. The maximum absolute atomic E-state index is 12.0. The third-order valence-electron chi connectivity index (χ3n) is 3.37. The number of carbonyl (C=O) groups excluding carboxylic acids is 2. The molecule has 108 valence electrons. The van der Waals surface area contributed by atoms with Gasteiger partial charge in [-0.05, 0) is 31.4 Å². The number of amides is 2. The molecule has 1 heterocycles. The molecule has 5 nitrogen and oxygen atoms in total. The Labute approximate surface area is 118 Å². The number of carbonyl (C=O) groups is 2. The molecule has 5 heteroatoms. The van der Waals surface area contributed by atoms with E-state index in [-0.39, 0.29) is 18.2 Å². The van der Waals surface area contributed by atoms with Crippen molar-refractivity contribution in [2.45, 2.75) is 25.7 Å². The third-order valence-corrected chi connectivity index (χ3v) is 3.37. The van der Waals surface area contributed by atoms with Gasteiger partial charge in [0.15, 0.2) is 0 Å². The summed E-state index contributed by atoms with van der Waals surface area (Å²) < 4.78 is 5.09. The molecule has 0 aliphatic carbocycles. The fraction of sp³-hybridized carbons (Fsp3) is 0.467. The highest BCUT2D eigenvalue weighted by Crippen LogP contribution is 2.17. The first-order valence-corrected chi connectivity index (χ1v) is 6.91. The Balaban J connectivity index is 1.86. The number of hydrogen-bond donors (Lipinski definition) is 1. The molecule has 0 aromatic heterocycles. The van der Waals surface area contributed by atoms with Crippen molar-refractivity contribution in [2.75, 3.05) is 25.5 Å². The highest BCUT2D eigenvalue weighted by atomic mass is 16.5. The zero-order valence-electron chi connectivity index (χ0n) is 11.7. The molecule has 1 aliphatic rings. The van der Waals surface area contributed by atoms with Crippen LogP contribution in [0.4, 0.5) is 5.69 Å². The molecule has 2 amide bonds. The fourth-order valence-electron chi connectivity index (χ4n) is 2.30. The molecule has 0 saturated carbocycles.